The van der Waals surface area contributed by atoms with Gasteiger partial charge in [-0.1, -0.05) is 6.92 Å². The zero-order chi connectivity index (χ0) is 10.9. The van der Waals surface area contributed by atoms with Gasteiger partial charge in [-0.3, -0.25) is 0 Å². The molecular formula is C9H9F4N. The van der Waals surface area contributed by atoms with Crippen LogP contribution in [-0.4, -0.2) is 0 Å². The highest BCUT2D eigenvalue weighted by molar-refractivity contribution is 5.47. The van der Waals surface area contributed by atoms with Gasteiger partial charge in [0, 0.05) is 0 Å². The molecule has 0 fully saturated rings. The minimum atomic E-state index is -4.48. The van der Waals surface area contributed by atoms with Crippen molar-refractivity contribution in [1.29, 1.82) is 0 Å². The van der Waals surface area contributed by atoms with Gasteiger partial charge in [0.2, 0.25) is 0 Å². The first-order valence-corrected chi connectivity index (χ1v) is 4.01. The lowest BCUT2D eigenvalue weighted by Crippen LogP contribution is -2.10. The Kier molecular flexibility index (Phi) is 2.69. The van der Waals surface area contributed by atoms with Crippen LogP contribution in [0.25, 0.3) is 0 Å². The van der Waals surface area contributed by atoms with E-state index in [4.69, 9.17) is 5.73 Å². The molecule has 1 rings (SSSR count). The van der Waals surface area contributed by atoms with Crippen LogP contribution >= 0.6 is 0 Å². The maximum Gasteiger partial charge on any atom is 0.416 e. The fourth-order valence-electron chi connectivity index (χ4n) is 1.19. The van der Waals surface area contributed by atoms with Crippen molar-refractivity contribution in [3.63, 3.8) is 0 Å². The number of nitrogens with two attached hydrogens (primary N) is 1. The van der Waals surface area contributed by atoms with Crippen molar-refractivity contribution in [2.45, 2.75) is 19.5 Å². The summed E-state index contributed by atoms with van der Waals surface area (Å²) in [5.74, 6) is -0.810. The number of alkyl halides is 3. The standard InChI is InChI=1S/C9H9F4N/c1-2-5-3-7(10)8(14)4-6(5)9(11,12)13/h3-4H,2,14H2,1H3. The molecule has 0 unspecified atom stereocenters. The molecule has 0 amide bonds. The number of nitrogen functional groups attached to an aromatic ring is 1. The van der Waals surface area contributed by atoms with Crippen molar-refractivity contribution in [2.24, 2.45) is 0 Å². The number of hydrogen-bond donors (Lipinski definition) is 1. The summed E-state index contributed by atoms with van der Waals surface area (Å²) >= 11 is 0. The molecule has 78 valence electrons. The first kappa shape index (κ1) is 10.8. The lowest BCUT2D eigenvalue weighted by molar-refractivity contribution is -0.138. The molecule has 1 aromatic carbocycles. The quantitative estimate of drug-likeness (QED) is 0.556. The first-order valence-electron chi connectivity index (χ1n) is 4.01. The minimum Gasteiger partial charge on any atom is -0.396 e. The van der Waals surface area contributed by atoms with Crippen LogP contribution in [0.5, 0.6) is 0 Å². The van der Waals surface area contributed by atoms with E-state index in [0.29, 0.717) is 6.07 Å². The highest BCUT2D eigenvalue weighted by atomic mass is 19.4. The Hall–Kier alpha value is -1.26. The lowest BCUT2D eigenvalue weighted by atomic mass is 10.0. The fourth-order valence-corrected chi connectivity index (χ4v) is 1.19. The van der Waals surface area contributed by atoms with Gasteiger partial charge in [0.05, 0.1) is 11.3 Å². The second-order valence-corrected chi connectivity index (χ2v) is 2.88. The Morgan fingerprint density at radius 1 is 1.29 bits per heavy atom. The molecule has 0 heterocycles. The predicted octanol–water partition coefficient (Wildman–Crippen LogP) is 2.99. The fraction of sp³-hybridized carbons (Fsp3) is 0.333. The third-order valence-electron chi connectivity index (χ3n) is 1.91. The highest BCUT2D eigenvalue weighted by Crippen LogP contribution is 2.34. The summed E-state index contributed by atoms with van der Waals surface area (Å²) in [4.78, 5) is 0. The zero-order valence-corrected chi connectivity index (χ0v) is 7.45. The largest absolute Gasteiger partial charge is 0.416 e. The number of hydrogen-bond acceptors (Lipinski definition) is 1. The molecule has 14 heavy (non-hydrogen) atoms. The van der Waals surface area contributed by atoms with Crippen LogP contribution < -0.4 is 5.73 Å². The zero-order valence-electron chi connectivity index (χ0n) is 7.45. The summed E-state index contributed by atoms with van der Waals surface area (Å²) in [6, 6.07) is 1.46. The van der Waals surface area contributed by atoms with Gasteiger partial charge < -0.3 is 5.73 Å². The Morgan fingerprint density at radius 3 is 2.29 bits per heavy atom. The molecule has 0 saturated heterocycles. The molecule has 0 aliphatic heterocycles. The maximum absolute atomic E-state index is 12.8. The van der Waals surface area contributed by atoms with Crippen molar-refractivity contribution in [2.75, 3.05) is 5.73 Å². The molecule has 1 aromatic rings. The third-order valence-corrected chi connectivity index (χ3v) is 1.91. The van der Waals surface area contributed by atoms with Crippen LogP contribution in [-0.2, 0) is 12.6 Å². The molecule has 1 nitrogen and oxygen atoms in total. The summed E-state index contributed by atoms with van der Waals surface area (Å²) in [5.41, 5.74) is 3.65. The Bertz CT molecular complexity index is 343. The average Bonchev–Trinajstić information content (AvgIpc) is 2.07. The highest BCUT2D eigenvalue weighted by Gasteiger charge is 2.33. The van der Waals surface area contributed by atoms with Crippen LogP contribution in [0.3, 0.4) is 0 Å². The summed E-state index contributed by atoms with van der Waals surface area (Å²) in [5, 5.41) is 0. The van der Waals surface area contributed by atoms with E-state index in [1.165, 1.54) is 6.92 Å². The molecule has 0 saturated carbocycles. The monoisotopic (exact) mass is 207 g/mol. The smallest absolute Gasteiger partial charge is 0.396 e. The van der Waals surface area contributed by atoms with E-state index in [2.05, 4.69) is 0 Å². The predicted molar refractivity (Wildman–Crippen MR) is 45.2 cm³/mol. The van der Waals surface area contributed by atoms with Crippen molar-refractivity contribution in [1.82, 2.24) is 0 Å². The van der Waals surface area contributed by atoms with Gasteiger partial charge in [-0.15, -0.1) is 0 Å². The average molecular weight is 207 g/mol. The molecule has 0 spiro atoms. The van der Waals surface area contributed by atoms with Gasteiger partial charge in [-0.25, -0.2) is 4.39 Å². The van der Waals surface area contributed by atoms with Crippen molar-refractivity contribution >= 4 is 5.69 Å². The second-order valence-electron chi connectivity index (χ2n) is 2.88. The van der Waals surface area contributed by atoms with Crippen LogP contribution in [0.4, 0.5) is 23.2 Å². The number of benzene rings is 1. The molecule has 0 aliphatic carbocycles. The van der Waals surface area contributed by atoms with E-state index in [-0.39, 0.29) is 12.0 Å². The molecule has 0 aromatic heterocycles. The summed E-state index contributed by atoms with van der Waals surface area (Å²) < 4.78 is 49.9. The van der Waals surface area contributed by atoms with E-state index < -0.39 is 23.2 Å². The third kappa shape index (κ3) is 1.97. The van der Waals surface area contributed by atoms with Gasteiger partial charge in [-0.05, 0) is 24.1 Å². The Morgan fingerprint density at radius 2 is 1.86 bits per heavy atom. The lowest BCUT2D eigenvalue weighted by Gasteiger charge is -2.12. The van der Waals surface area contributed by atoms with Gasteiger partial charge in [0.1, 0.15) is 5.82 Å². The van der Waals surface area contributed by atoms with Gasteiger partial charge in [0.25, 0.3) is 0 Å². The first-order chi connectivity index (χ1) is 6.36. The molecule has 0 aliphatic rings. The van der Waals surface area contributed by atoms with Gasteiger partial charge in [-0.2, -0.15) is 13.2 Å². The SMILES string of the molecule is CCc1cc(F)c(N)cc1C(F)(F)F. The van der Waals surface area contributed by atoms with Crippen molar-refractivity contribution in [3.8, 4) is 0 Å². The van der Waals surface area contributed by atoms with E-state index in [9.17, 15) is 17.6 Å². The normalized spacial score (nSPS) is 11.8. The molecule has 2 N–H and O–H groups in total. The molecule has 0 atom stereocenters. The van der Waals surface area contributed by atoms with E-state index in [1.54, 1.807) is 0 Å². The minimum absolute atomic E-state index is 0.0794. The Balaban J connectivity index is 3.35. The van der Waals surface area contributed by atoms with E-state index in [1.807, 2.05) is 0 Å². The maximum atomic E-state index is 12.8. The number of aryl methyl sites for hydroxylation is 1. The van der Waals surface area contributed by atoms with Crippen molar-refractivity contribution in [3.05, 3.63) is 29.1 Å². The summed E-state index contributed by atoms with van der Waals surface area (Å²) in [6.07, 6.45) is -4.36. The van der Waals surface area contributed by atoms with Crippen LogP contribution in [0.15, 0.2) is 12.1 Å². The van der Waals surface area contributed by atoms with Gasteiger partial charge >= 0.3 is 6.18 Å². The number of rotatable bonds is 1. The van der Waals surface area contributed by atoms with Gasteiger partial charge in [0.15, 0.2) is 0 Å². The molecule has 0 radical (unpaired) electrons. The van der Waals surface area contributed by atoms with Crippen LogP contribution in [0, 0.1) is 5.82 Å². The second kappa shape index (κ2) is 3.48. The van der Waals surface area contributed by atoms with E-state index >= 15 is 0 Å². The summed E-state index contributed by atoms with van der Waals surface area (Å²) in [7, 11) is 0. The van der Waals surface area contributed by atoms with Crippen LogP contribution in [0.1, 0.15) is 18.1 Å². The van der Waals surface area contributed by atoms with E-state index in [0.717, 1.165) is 6.07 Å². The summed E-state index contributed by atoms with van der Waals surface area (Å²) in [6.45, 7) is 1.53. The van der Waals surface area contributed by atoms with Crippen molar-refractivity contribution < 1.29 is 17.6 Å². The molecule has 5 heteroatoms. The topological polar surface area (TPSA) is 26.0 Å². The Labute approximate surface area is 78.5 Å². The number of halogens is 4. The number of anilines is 1. The molecule has 0 bridgehead atoms. The van der Waals surface area contributed by atoms with Crippen LogP contribution in [0.2, 0.25) is 0 Å². The molecular weight excluding hydrogens is 198 g/mol.